The lowest BCUT2D eigenvalue weighted by Crippen LogP contribution is -2.14. The maximum Gasteiger partial charge on any atom is 0.274 e. The molecule has 5 nitrogen and oxygen atoms in total. The van der Waals surface area contributed by atoms with Gasteiger partial charge in [0.15, 0.2) is 0 Å². The Morgan fingerprint density at radius 1 is 1.07 bits per heavy atom. The molecular weight excluding hydrogens is 343 g/mol. The van der Waals surface area contributed by atoms with Crippen molar-refractivity contribution in [3.05, 3.63) is 83.6 Å². The highest BCUT2D eigenvalue weighted by atomic mass is 19.1. The average Bonchev–Trinajstić information content (AvgIpc) is 2.68. The summed E-state index contributed by atoms with van der Waals surface area (Å²) in [4.78, 5) is 20.5. The van der Waals surface area contributed by atoms with E-state index in [4.69, 9.17) is 0 Å². The number of halogens is 1. The fourth-order valence-electron chi connectivity index (χ4n) is 2.55. The molecule has 2 N–H and O–H groups in total. The Morgan fingerprint density at radius 3 is 2.52 bits per heavy atom. The number of nitrogens with one attached hydrogen (secondary N) is 2. The standard InChI is InChI=1S/C21H21FN4O/c1-14(2)15-7-9-17(10-8-15)26-21(27)19-11-20(25-13-24-19)23-12-16-5-3-4-6-18(16)22/h3-11,13-14H,12H2,1-2H3,(H,26,27)(H,23,24,25). The molecule has 27 heavy (non-hydrogen) atoms. The van der Waals surface area contributed by atoms with Gasteiger partial charge in [0.05, 0.1) is 0 Å². The summed E-state index contributed by atoms with van der Waals surface area (Å²) < 4.78 is 13.7. The first kappa shape index (κ1) is 18.5. The monoisotopic (exact) mass is 364 g/mol. The normalized spacial score (nSPS) is 10.7. The second-order valence-electron chi connectivity index (χ2n) is 6.46. The summed E-state index contributed by atoms with van der Waals surface area (Å²) in [7, 11) is 0. The van der Waals surface area contributed by atoms with E-state index in [1.807, 2.05) is 24.3 Å². The molecule has 0 aliphatic heterocycles. The minimum Gasteiger partial charge on any atom is -0.366 e. The molecule has 2 aromatic carbocycles. The zero-order valence-electron chi connectivity index (χ0n) is 15.2. The smallest absolute Gasteiger partial charge is 0.274 e. The van der Waals surface area contributed by atoms with Crippen molar-refractivity contribution >= 4 is 17.4 Å². The Morgan fingerprint density at radius 2 is 1.81 bits per heavy atom. The number of carbonyl (C=O) groups excluding carboxylic acids is 1. The van der Waals surface area contributed by atoms with Crippen molar-refractivity contribution in [2.24, 2.45) is 0 Å². The Balaban J connectivity index is 1.65. The summed E-state index contributed by atoms with van der Waals surface area (Å²) in [5, 5.41) is 5.83. The number of anilines is 2. The van der Waals surface area contributed by atoms with E-state index in [0.29, 0.717) is 23.0 Å². The van der Waals surface area contributed by atoms with E-state index in [9.17, 15) is 9.18 Å². The first-order valence-corrected chi connectivity index (χ1v) is 8.73. The van der Waals surface area contributed by atoms with Gasteiger partial charge in [0, 0.05) is 23.9 Å². The summed E-state index contributed by atoms with van der Waals surface area (Å²) >= 11 is 0. The molecule has 1 amide bonds. The van der Waals surface area contributed by atoms with Crippen LogP contribution in [0.4, 0.5) is 15.9 Å². The molecule has 0 atom stereocenters. The number of benzene rings is 2. The van der Waals surface area contributed by atoms with Gasteiger partial charge in [0.1, 0.15) is 23.7 Å². The molecule has 0 fully saturated rings. The Bertz CT molecular complexity index is 925. The van der Waals surface area contributed by atoms with Crippen LogP contribution in [0.5, 0.6) is 0 Å². The first-order chi connectivity index (χ1) is 13.0. The van der Waals surface area contributed by atoms with Gasteiger partial charge in [-0.25, -0.2) is 14.4 Å². The largest absolute Gasteiger partial charge is 0.366 e. The topological polar surface area (TPSA) is 66.9 Å². The van der Waals surface area contributed by atoms with Gasteiger partial charge in [0.25, 0.3) is 5.91 Å². The van der Waals surface area contributed by atoms with Crippen molar-refractivity contribution in [1.29, 1.82) is 0 Å². The second-order valence-corrected chi connectivity index (χ2v) is 6.46. The predicted molar refractivity (Wildman–Crippen MR) is 104 cm³/mol. The molecule has 0 spiro atoms. The molecule has 1 heterocycles. The fourth-order valence-corrected chi connectivity index (χ4v) is 2.55. The number of hydrogen-bond acceptors (Lipinski definition) is 4. The minimum atomic E-state index is -0.330. The molecule has 3 rings (SSSR count). The molecule has 0 aliphatic carbocycles. The van der Waals surface area contributed by atoms with Gasteiger partial charge in [-0.05, 0) is 29.7 Å². The average molecular weight is 364 g/mol. The fraction of sp³-hybridized carbons (Fsp3) is 0.190. The molecule has 0 bridgehead atoms. The van der Waals surface area contributed by atoms with E-state index in [-0.39, 0.29) is 24.0 Å². The van der Waals surface area contributed by atoms with Crippen molar-refractivity contribution in [3.63, 3.8) is 0 Å². The number of rotatable bonds is 6. The Kier molecular flexibility index (Phi) is 5.76. The molecule has 138 valence electrons. The lowest BCUT2D eigenvalue weighted by Gasteiger charge is -2.09. The zero-order chi connectivity index (χ0) is 19.2. The van der Waals surface area contributed by atoms with Crippen molar-refractivity contribution < 1.29 is 9.18 Å². The van der Waals surface area contributed by atoms with Crippen molar-refractivity contribution in [1.82, 2.24) is 9.97 Å². The second kappa shape index (κ2) is 8.40. The van der Waals surface area contributed by atoms with Crippen LogP contribution in [-0.4, -0.2) is 15.9 Å². The molecule has 1 aromatic heterocycles. The van der Waals surface area contributed by atoms with E-state index < -0.39 is 0 Å². The quantitative estimate of drug-likeness (QED) is 0.671. The minimum absolute atomic E-state index is 0.231. The van der Waals surface area contributed by atoms with Crippen LogP contribution < -0.4 is 10.6 Å². The molecule has 0 aliphatic rings. The van der Waals surface area contributed by atoms with Crippen LogP contribution >= 0.6 is 0 Å². The summed E-state index contributed by atoms with van der Waals surface area (Å²) in [6.07, 6.45) is 1.31. The third-order valence-corrected chi connectivity index (χ3v) is 4.15. The van der Waals surface area contributed by atoms with Crippen LogP contribution in [-0.2, 0) is 6.54 Å². The lowest BCUT2D eigenvalue weighted by atomic mass is 10.0. The van der Waals surface area contributed by atoms with Gasteiger partial charge in [-0.2, -0.15) is 0 Å². The van der Waals surface area contributed by atoms with Crippen LogP contribution in [0.25, 0.3) is 0 Å². The van der Waals surface area contributed by atoms with Crippen LogP contribution in [0, 0.1) is 5.82 Å². The van der Waals surface area contributed by atoms with E-state index >= 15 is 0 Å². The third kappa shape index (κ3) is 4.88. The van der Waals surface area contributed by atoms with Crippen molar-refractivity contribution in [3.8, 4) is 0 Å². The summed E-state index contributed by atoms with van der Waals surface area (Å²) in [5.74, 6) is 0.263. The Hall–Kier alpha value is -3.28. The zero-order valence-corrected chi connectivity index (χ0v) is 15.2. The SMILES string of the molecule is CC(C)c1ccc(NC(=O)c2cc(NCc3ccccc3F)ncn2)cc1. The summed E-state index contributed by atoms with van der Waals surface area (Å²) in [5.41, 5.74) is 2.65. The highest BCUT2D eigenvalue weighted by Gasteiger charge is 2.10. The predicted octanol–water partition coefficient (Wildman–Crippen LogP) is 4.60. The maximum absolute atomic E-state index is 13.7. The molecular formula is C21H21FN4O. The number of carbonyl (C=O) groups is 1. The molecule has 0 unspecified atom stereocenters. The highest BCUT2D eigenvalue weighted by molar-refractivity contribution is 6.03. The molecule has 6 heteroatoms. The molecule has 0 saturated carbocycles. The van der Waals surface area contributed by atoms with Gasteiger partial charge >= 0.3 is 0 Å². The number of nitrogens with zero attached hydrogens (tertiary/aromatic N) is 2. The van der Waals surface area contributed by atoms with E-state index in [2.05, 4.69) is 34.4 Å². The first-order valence-electron chi connectivity index (χ1n) is 8.73. The van der Waals surface area contributed by atoms with Crippen molar-refractivity contribution in [2.45, 2.75) is 26.3 Å². The van der Waals surface area contributed by atoms with E-state index in [1.165, 1.54) is 18.0 Å². The molecule has 0 radical (unpaired) electrons. The van der Waals surface area contributed by atoms with Crippen LogP contribution in [0.15, 0.2) is 60.9 Å². The van der Waals surface area contributed by atoms with Gasteiger partial charge < -0.3 is 10.6 Å². The van der Waals surface area contributed by atoms with Crippen molar-refractivity contribution in [2.75, 3.05) is 10.6 Å². The van der Waals surface area contributed by atoms with Gasteiger partial charge in [-0.15, -0.1) is 0 Å². The maximum atomic E-state index is 13.7. The lowest BCUT2D eigenvalue weighted by molar-refractivity contribution is 0.102. The number of amides is 1. The van der Waals surface area contributed by atoms with Crippen LogP contribution in [0.3, 0.4) is 0 Å². The number of aromatic nitrogens is 2. The van der Waals surface area contributed by atoms with Gasteiger partial charge in [-0.1, -0.05) is 44.2 Å². The van der Waals surface area contributed by atoms with E-state index in [1.54, 1.807) is 24.3 Å². The third-order valence-electron chi connectivity index (χ3n) is 4.15. The summed E-state index contributed by atoms with van der Waals surface area (Å²) in [6.45, 7) is 4.50. The summed E-state index contributed by atoms with van der Waals surface area (Å²) in [6, 6.07) is 15.8. The van der Waals surface area contributed by atoms with Gasteiger partial charge in [-0.3, -0.25) is 4.79 Å². The molecule has 3 aromatic rings. The molecule has 0 saturated heterocycles. The highest BCUT2D eigenvalue weighted by Crippen LogP contribution is 2.18. The Labute approximate surface area is 157 Å². The van der Waals surface area contributed by atoms with Crippen LogP contribution in [0.1, 0.15) is 41.4 Å². The van der Waals surface area contributed by atoms with Crippen LogP contribution in [0.2, 0.25) is 0 Å². The number of hydrogen-bond donors (Lipinski definition) is 2. The van der Waals surface area contributed by atoms with Gasteiger partial charge in [0.2, 0.25) is 0 Å². The van der Waals surface area contributed by atoms with E-state index in [0.717, 1.165) is 0 Å².